The molecule has 1 saturated heterocycles. The van der Waals surface area contributed by atoms with Crippen molar-refractivity contribution in [2.45, 2.75) is 72.4 Å². The van der Waals surface area contributed by atoms with E-state index in [1.807, 2.05) is 39.3 Å². The number of aryl methyl sites for hydroxylation is 1. The first-order chi connectivity index (χ1) is 17.5. The zero-order valence-electron chi connectivity index (χ0n) is 22.3. The van der Waals surface area contributed by atoms with Gasteiger partial charge in [-0.3, -0.25) is 14.3 Å². The Morgan fingerprint density at radius 2 is 1.89 bits per heavy atom. The largest absolute Gasteiger partial charge is 0.477 e. The summed E-state index contributed by atoms with van der Waals surface area (Å²) in [4.78, 5) is 51.1. The number of hydrogen-bond donors (Lipinski definition) is 1. The number of amides is 1. The minimum absolute atomic E-state index is 0.0859. The van der Waals surface area contributed by atoms with E-state index in [0.717, 1.165) is 18.5 Å². The number of ketones is 1. The Morgan fingerprint density at radius 3 is 2.51 bits per heavy atom. The van der Waals surface area contributed by atoms with Crippen molar-refractivity contribution in [3.8, 4) is 17.3 Å². The third-order valence-corrected chi connectivity index (χ3v) is 5.95. The molecule has 4 heterocycles. The van der Waals surface area contributed by atoms with Gasteiger partial charge in [0.15, 0.2) is 11.3 Å². The highest BCUT2D eigenvalue weighted by Gasteiger charge is 2.37. The lowest BCUT2D eigenvalue weighted by Crippen LogP contribution is -2.52. The van der Waals surface area contributed by atoms with Crippen LogP contribution in [0.4, 0.5) is 4.79 Å². The van der Waals surface area contributed by atoms with Gasteiger partial charge in [0, 0.05) is 24.8 Å². The van der Waals surface area contributed by atoms with Crippen molar-refractivity contribution in [2.24, 2.45) is 0 Å². The number of nitrogens with one attached hydrogen (secondary N) is 1. The first-order valence-corrected chi connectivity index (χ1v) is 12.7. The van der Waals surface area contributed by atoms with E-state index in [-0.39, 0.29) is 29.3 Å². The Balaban J connectivity index is 1.74. The fourth-order valence-corrected chi connectivity index (χ4v) is 4.15. The fraction of sp³-hybridized carbons (Fsp3) is 0.538. The van der Waals surface area contributed by atoms with Gasteiger partial charge in [-0.15, -0.1) is 0 Å². The number of ether oxygens (including phenoxy) is 2. The molecule has 1 fully saturated rings. The SMILES string of the molecule is CCCOc1ncc(C(C)=O)cc1-c1nc2c(CCC)n(C3CN(C(=O)OC(C)(C)C)C3)nc2c(=O)[nH]1. The molecule has 0 atom stereocenters. The lowest BCUT2D eigenvalue weighted by atomic mass is 10.1. The van der Waals surface area contributed by atoms with Crippen molar-refractivity contribution in [2.75, 3.05) is 19.7 Å². The van der Waals surface area contributed by atoms with Gasteiger partial charge in [-0.25, -0.2) is 14.8 Å². The summed E-state index contributed by atoms with van der Waals surface area (Å²) in [5, 5.41) is 4.60. The van der Waals surface area contributed by atoms with Crippen molar-refractivity contribution in [3.05, 3.63) is 33.9 Å². The van der Waals surface area contributed by atoms with Gasteiger partial charge >= 0.3 is 6.09 Å². The first-order valence-electron chi connectivity index (χ1n) is 12.7. The molecule has 0 bridgehead atoms. The molecule has 1 amide bonds. The van der Waals surface area contributed by atoms with E-state index >= 15 is 0 Å². The number of aromatic nitrogens is 5. The Kier molecular flexibility index (Phi) is 7.33. The molecule has 1 aliphatic heterocycles. The average Bonchev–Trinajstić information content (AvgIpc) is 3.14. The Morgan fingerprint density at radius 1 is 1.16 bits per heavy atom. The molecule has 0 saturated carbocycles. The minimum atomic E-state index is -0.572. The summed E-state index contributed by atoms with van der Waals surface area (Å²) >= 11 is 0. The van der Waals surface area contributed by atoms with Gasteiger partial charge in [0.25, 0.3) is 5.56 Å². The van der Waals surface area contributed by atoms with Crippen LogP contribution in [-0.2, 0) is 11.2 Å². The molecule has 198 valence electrons. The highest BCUT2D eigenvalue weighted by Crippen LogP contribution is 2.30. The number of carbonyl (C=O) groups is 2. The normalized spacial score (nSPS) is 14.1. The van der Waals surface area contributed by atoms with Gasteiger partial charge in [-0.05, 0) is 46.6 Å². The van der Waals surface area contributed by atoms with Crippen molar-refractivity contribution < 1.29 is 19.1 Å². The number of hydrogen-bond acceptors (Lipinski definition) is 8. The lowest BCUT2D eigenvalue weighted by molar-refractivity contribution is -0.000672. The van der Waals surface area contributed by atoms with Gasteiger partial charge in [0.05, 0.1) is 23.9 Å². The zero-order chi connectivity index (χ0) is 26.9. The Labute approximate surface area is 215 Å². The average molecular weight is 511 g/mol. The van der Waals surface area contributed by atoms with Gasteiger partial charge < -0.3 is 19.4 Å². The van der Waals surface area contributed by atoms with E-state index in [4.69, 9.17) is 14.5 Å². The van der Waals surface area contributed by atoms with Crippen molar-refractivity contribution in [3.63, 3.8) is 0 Å². The topological polar surface area (TPSA) is 132 Å². The van der Waals surface area contributed by atoms with E-state index in [1.54, 1.807) is 11.0 Å². The quantitative estimate of drug-likeness (QED) is 0.451. The molecule has 11 heteroatoms. The number of nitrogens with zero attached hydrogens (tertiary/aromatic N) is 5. The summed E-state index contributed by atoms with van der Waals surface area (Å²) in [6.07, 6.45) is 3.34. The maximum atomic E-state index is 13.2. The molecule has 4 rings (SSSR count). The van der Waals surface area contributed by atoms with E-state index in [0.29, 0.717) is 48.6 Å². The summed E-state index contributed by atoms with van der Waals surface area (Å²) in [6.45, 7) is 12.3. The number of carbonyl (C=O) groups excluding carboxylic acids is 2. The van der Waals surface area contributed by atoms with Crippen molar-refractivity contribution in [1.29, 1.82) is 0 Å². The summed E-state index contributed by atoms with van der Waals surface area (Å²) in [6, 6.07) is 1.55. The molecular weight excluding hydrogens is 476 g/mol. The summed E-state index contributed by atoms with van der Waals surface area (Å²) in [7, 11) is 0. The number of aromatic amines is 1. The second-order valence-electron chi connectivity index (χ2n) is 10.3. The molecule has 0 spiro atoms. The van der Waals surface area contributed by atoms with E-state index in [2.05, 4.69) is 15.1 Å². The second-order valence-corrected chi connectivity index (χ2v) is 10.3. The monoisotopic (exact) mass is 510 g/mol. The molecule has 0 aliphatic carbocycles. The van der Waals surface area contributed by atoms with Crippen molar-refractivity contribution >= 4 is 22.9 Å². The van der Waals surface area contributed by atoms with Gasteiger partial charge in [-0.1, -0.05) is 20.3 Å². The number of pyridine rings is 1. The van der Waals surface area contributed by atoms with E-state index < -0.39 is 11.2 Å². The molecular formula is C26H34N6O5. The maximum Gasteiger partial charge on any atom is 0.410 e. The third kappa shape index (κ3) is 5.50. The molecule has 1 aliphatic rings. The van der Waals surface area contributed by atoms with Crippen LogP contribution >= 0.6 is 0 Å². The smallest absolute Gasteiger partial charge is 0.410 e. The van der Waals surface area contributed by atoms with Crippen LogP contribution in [0, 0.1) is 0 Å². The Bertz CT molecular complexity index is 1380. The van der Waals surface area contributed by atoms with Crippen LogP contribution in [0.5, 0.6) is 5.88 Å². The van der Waals surface area contributed by atoms with E-state index in [9.17, 15) is 14.4 Å². The summed E-state index contributed by atoms with van der Waals surface area (Å²) in [5.41, 5.74) is 1.41. The molecule has 0 radical (unpaired) electrons. The number of likely N-dealkylation sites (tertiary alicyclic amines) is 1. The minimum Gasteiger partial charge on any atom is -0.477 e. The van der Waals surface area contributed by atoms with Crippen LogP contribution in [-0.4, -0.2) is 66.8 Å². The number of Topliss-reactive ketones (excluding diaryl/α,β-unsaturated/α-hetero) is 1. The second kappa shape index (κ2) is 10.3. The number of rotatable bonds is 8. The number of fused-ring (bicyclic) bond motifs is 1. The van der Waals surface area contributed by atoms with Crippen LogP contribution in [0.3, 0.4) is 0 Å². The molecule has 3 aromatic rings. The predicted octanol–water partition coefficient (Wildman–Crippen LogP) is 3.92. The van der Waals surface area contributed by atoms with E-state index in [1.165, 1.54) is 13.1 Å². The molecule has 0 unspecified atom stereocenters. The molecule has 3 aromatic heterocycles. The fourth-order valence-electron chi connectivity index (χ4n) is 4.15. The van der Waals surface area contributed by atoms with Crippen LogP contribution in [0.1, 0.15) is 76.5 Å². The van der Waals surface area contributed by atoms with Crippen LogP contribution in [0.25, 0.3) is 22.4 Å². The van der Waals surface area contributed by atoms with Crippen molar-refractivity contribution in [1.82, 2.24) is 29.6 Å². The highest BCUT2D eigenvalue weighted by atomic mass is 16.6. The Hall–Kier alpha value is -3.76. The predicted molar refractivity (Wildman–Crippen MR) is 138 cm³/mol. The highest BCUT2D eigenvalue weighted by molar-refractivity contribution is 5.95. The third-order valence-electron chi connectivity index (χ3n) is 5.95. The molecule has 1 N–H and O–H groups in total. The maximum absolute atomic E-state index is 13.2. The van der Waals surface area contributed by atoms with Crippen LogP contribution < -0.4 is 10.3 Å². The molecule has 11 nitrogen and oxygen atoms in total. The van der Waals surface area contributed by atoms with Crippen LogP contribution in [0.15, 0.2) is 17.1 Å². The molecule has 37 heavy (non-hydrogen) atoms. The first kappa shape index (κ1) is 26.3. The molecule has 0 aromatic carbocycles. The zero-order valence-corrected chi connectivity index (χ0v) is 22.3. The van der Waals surface area contributed by atoms with Crippen LogP contribution in [0.2, 0.25) is 0 Å². The van der Waals surface area contributed by atoms with Gasteiger partial charge in [0.2, 0.25) is 5.88 Å². The lowest BCUT2D eigenvalue weighted by Gasteiger charge is -2.40. The number of H-pyrrole nitrogens is 1. The van der Waals surface area contributed by atoms with Gasteiger partial charge in [-0.2, -0.15) is 5.10 Å². The summed E-state index contributed by atoms with van der Waals surface area (Å²) < 4.78 is 13.1. The standard InChI is InChI=1S/C26H34N6O5/c1-7-9-19-20-21(30-32(19)17-13-31(14-17)25(35)37-26(4,5)6)23(34)29-22(28-20)18-11-16(15(3)33)12-27-24(18)36-10-8-2/h11-12,17H,7-10,13-14H2,1-6H3,(H,28,29,34). The summed E-state index contributed by atoms with van der Waals surface area (Å²) in [5.74, 6) is 0.407. The van der Waals surface area contributed by atoms with Gasteiger partial charge in [0.1, 0.15) is 16.9 Å².